The van der Waals surface area contributed by atoms with Crippen molar-refractivity contribution in [3.05, 3.63) is 71.5 Å². The Labute approximate surface area is 243 Å². The van der Waals surface area contributed by atoms with Gasteiger partial charge >= 0.3 is 0 Å². The Bertz CT molecular complexity index is 1430. The summed E-state index contributed by atoms with van der Waals surface area (Å²) in [5, 5.41) is 11.5. The molecule has 1 amide bonds. The Kier molecular flexibility index (Phi) is 9.45. The number of carbonyl (C=O) groups is 1. The van der Waals surface area contributed by atoms with Crippen molar-refractivity contribution in [3.8, 4) is 28.0 Å². The predicted octanol–water partition coefficient (Wildman–Crippen LogP) is 6.38. The molecular formula is C30H33ClF3N5O2. The van der Waals surface area contributed by atoms with E-state index in [1.165, 1.54) is 29.3 Å². The van der Waals surface area contributed by atoms with Crippen LogP contribution in [0.5, 0.6) is 5.75 Å². The molecule has 1 saturated heterocycles. The van der Waals surface area contributed by atoms with Crippen molar-refractivity contribution in [3.63, 3.8) is 0 Å². The van der Waals surface area contributed by atoms with Crippen LogP contribution in [0, 0.1) is 5.82 Å². The highest BCUT2D eigenvalue weighted by atomic mass is 35.5. The molecule has 3 aromatic rings. The van der Waals surface area contributed by atoms with Crippen LogP contribution in [-0.4, -0.2) is 72.6 Å². The molecule has 0 radical (unpaired) electrons. The van der Waals surface area contributed by atoms with E-state index in [4.69, 9.17) is 11.6 Å². The highest BCUT2D eigenvalue weighted by molar-refractivity contribution is 6.34. The number of phenols is 1. The van der Waals surface area contributed by atoms with E-state index in [0.717, 1.165) is 6.07 Å². The number of benzene rings is 2. The number of alkyl halides is 2. The maximum atomic E-state index is 14.9. The minimum Gasteiger partial charge on any atom is -0.507 e. The summed E-state index contributed by atoms with van der Waals surface area (Å²) in [6.45, 7) is 6.68. The summed E-state index contributed by atoms with van der Waals surface area (Å²) in [6.07, 6.45) is 2.26. The van der Waals surface area contributed by atoms with E-state index in [1.807, 2.05) is 4.90 Å². The zero-order valence-electron chi connectivity index (χ0n) is 23.4. The highest BCUT2D eigenvalue weighted by Gasteiger charge is 2.26. The second kappa shape index (κ2) is 12.8. The highest BCUT2D eigenvalue weighted by Crippen LogP contribution is 2.42. The lowest BCUT2D eigenvalue weighted by atomic mass is 9.97. The maximum absolute atomic E-state index is 14.9. The first-order chi connectivity index (χ1) is 19.5. The first-order valence-electron chi connectivity index (χ1n) is 13.2. The van der Waals surface area contributed by atoms with Crippen LogP contribution >= 0.6 is 11.6 Å². The number of anilines is 2. The van der Waals surface area contributed by atoms with Crippen LogP contribution in [-0.2, 0) is 4.79 Å². The van der Waals surface area contributed by atoms with Crippen molar-refractivity contribution in [1.82, 2.24) is 14.8 Å². The monoisotopic (exact) mass is 587 g/mol. The van der Waals surface area contributed by atoms with Crippen molar-refractivity contribution < 1.29 is 23.1 Å². The molecule has 1 fully saturated rings. The molecule has 0 atom stereocenters. The molecular weight excluding hydrogens is 555 g/mol. The number of nitrogens with zero attached hydrogens (tertiary/aromatic N) is 5. The van der Waals surface area contributed by atoms with Gasteiger partial charge in [0.05, 0.1) is 16.4 Å². The zero-order chi connectivity index (χ0) is 29.8. The molecule has 7 nitrogen and oxygen atoms in total. The summed E-state index contributed by atoms with van der Waals surface area (Å²) in [5.74, 6) is -0.890. The fourth-order valence-corrected chi connectivity index (χ4v) is 5.09. The van der Waals surface area contributed by atoms with Gasteiger partial charge in [-0.2, -0.15) is 0 Å². The first-order valence-corrected chi connectivity index (χ1v) is 13.6. The van der Waals surface area contributed by atoms with Crippen LogP contribution < -0.4 is 9.80 Å². The van der Waals surface area contributed by atoms with Crippen molar-refractivity contribution in [2.75, 3.05) is 50.1 Å². The first kappa shape index (κ1) is 30.2. The number of aromatic hydroxyl groups is 1. The lowest BCUT2D eigenvalue weighted by Gasteiger charge is -2.38. The number of rotatable bonds is 9. The molecule has 11 heteroatoms. The van der Waals surface area contributed by atoms with Crippen LogP contribution in [0.25, 0.3) is 22.3 Å². The number of phenolic OH excluding ortho intramolecular Hbond substituents is 1. The molecule has 2 aromatic carbocycles. The van der Waals surface area contributed by atoms with Gasteiger partial charge in [-0.25, -0.2) is 13.2 Å². The Balaban J connectivity index is 1.73. The number of halogens is 4. The number of hydrogen-bond acceptors (Lipinski definition) is 6. The second-order valence-corrected chi connectivity index (χ2v) is 10.7. The molecule has 4 rings (SSSR count). The van der Waals surface area contributed by atoms with Gasteiger partial charge in [0.1, 0.15) is 17.3 Å². The minimum absolute atomic E-state index is 0.110. The van der Waals surface area contributed by atoms with Gasteiger partial charge in [0.25, 0.3) is 6.43 Å². The van der Waals surface area contributed by atoms with Gasteiger partial charge in [0.2, 0.25) is 6.41 Å². The summed E-state index contributed by atoms with van der Waals surface area (Å²) < 4.78 is 42.8. The van der Waals surface area contributed by atoms with Crippen molar-refractivity contribution in [1.29, 1.82) is 0 Å². The quantitative estimate of drug-likeness (QED) is 0.293. The lowest BCUT2D eigenvalue weighted by Crippen LogP contribution is -2.49. The van der Waals surface area contributed by atoms with Crippen LogP contribution in [0.15, 0.2) is 55.0 Å². The molecule has 0 saturated carbocycles. The van der Waals surface area contributed by atoms with Gasteiger partial charge in [0.15, 0.2) is 0 Å². The number of hydrogen-bond donors (Lipinski definition) is 1. The fraction of sp³-hybridized carbons (Fsp3) is 0.333. The van der Waals surface area contributed by atoms with Crippen molar-refractivity contribution in [2.45, 2.75) is 26.3 Å². The fourth-order valence-electron chi connectivity index (χ4n) is 4.81. The van der Waals surface area contributed by atoms with E-state index in [9.17, 15) is 23.1 Å². The van der Waals surface area contributed by atoms with Gasteiger partial charge in [-0.15, -0.1) is 0 Å². The van der Waals surface area contributed by atoms with Crippen molar-refractivity contribution >= 4 is 29.4 Å². The lowest BCUT2D eigenvalue weighted by molar-refractivity contribution is -0.107. The molecule has 0 aliphatic carbocycles. The van der Waals surface area contributed by atoms with Crippen LogP contribution in [0.2, 0.25) is 5.02 Å². The number of piperazine rings is 1. The van der Waals surface area contributed by atoms with E-state index in [-0.39, 0.29) is 33.3 Å². The van der Waals surface area contributed by atoms with E-state index < -0.39 is 12.2 Å². The van der Waals surface area contributed by atoms with Crippen LogP contribution in [0.1, 0.15) is 26.0 Å². The second-order valence-electron chi connectivity index (χ2n) is 10.3. The van der Waals surface area contributed by atoms with Crippen LogP contribution in [0.4, 0.5) is 24.5 Å². The minimum atomic E-state index is -2.79. The average molecular weight is 588 g/mol. The van der Waals surface area contributed by atoms with E-state index in [2.05, 4.69) is 23.7 Å². The Morgan fingerprint density at radius 3 is 2.22 bits per heavy atom. The predicted molar refractivity (Wildman–Crippen MR) is 157 cm³/mol. The summed E-state index contributed by atoms with van der Waals surface area (Å²) >= 11 is 6.49. The molecule has 1 aromatic heterocycles. The molecule has 1 aliphatic heterocycles. The summed E-state index contributed by atoms with van der Waals surface area (Å²) in [4.78, 5) is 22.8. The maximum Gasteiger partial charge on any atom is 0.282 e. The molecule has 218 valence electrons. The van der Waals surface area contributed by atoms with Gasteiger partial charge in [-0.1, -0.05) is 17.7 Å². The molecule has 1 aliphatic rings. The summed E-state index contributed by atoms with van der Waals surface area (Å²) in [7, 11) is 3.61. The molecule has 1 N–H and O–H groups in total. The van der Waals surface area contributed by atoms with E-state index >= 15 is 0 Å². The summed E-state index contributed by atoms with van der Waals surface area (Å²) in [6, 6.07) is 8.91. The largest absolute Gasteiger partial charge is 0.507 e. The van der Waals surface area contributed by atoms with Crippen LogP contribution in [0.3, 0.4) is 0 Å². The zero-order valence-corrected chi connectivity index (χ0v) is 24.1. The molecule has 0 bridgehead atoms. The van der Waals surface area contributed by atoms with E-state index in [1.54, 1.807) is 43.5 Å². The Hall–Kier alpha value is -3.76. The SMILES string of the molecule is CC(C)N1CCN(c2cc(-c3cc(F)cc(-c4ccc(N(C=O)/C=C\N(C)C)c(Cl)c4)c3O)cnc2C(F)F)CC1. The molecule has 2 heterocycles. The number of carbonyl (C=O) groups excluding carboxylic acids is 1. The Morgan fingerprint density at radius 1 is 1.00 bits per heavy atom. The normalized spacial score (nSPS) is 14.3. The summed E-state index contributed by atoms with van der Waals surface area (Å²) in [5.41, 5.74) is 1.28. The molecule has 0 spiro atoms. The van der Waals surface area contributed by atoms with Crippen molar-refractivity contribution in [2.24, 2.45) is 0 Å². The Morgan fingerprint density at radius 2 is 1.66 bits per heavy atom. The van der Waals surface area contributed by atoms with E-state index in [0.29, 0.717) is 55.4 Å². The third-order valence-electron chi connectivity index (χ3n) is 7.05. The number of amides is 1. The smallest absolute Gasteiger partial charge is 0.282 e. The topological polar surface area (TPSA) is 63.2 Å². The average Bonchev–Trinajstić information content (AvgIpc) is 2.94. The standard InChI is InChI=1S/C30H33ClF3N5O2/c1-19(2)37-9-11-38(12-10-37)27-14-21(17-35-28(27)30(33)34)24-16-22(32)15-23(29(24)41)20-5-6-26(25(31)13-20)39(18-40)8-7-36(3)4/h5-8,13-19,30,41H,9-12H2,1-4H3/b8-7-. The number of aromatic nitrogens is 1. The third kappa shape index (κ3) is 6.77. The third-order valence-corrected chi connectivity index (χ3v) is 7.35. The van der Waals surface area contributed by atoms with Gasteiger partial charge < -0.3 is 14.9 Å². The van der Waals surface area contributed by atoms with Gasteiger partial charge in [-0.3, -0.25) is 19.6 Å². The number of pyridine rings is 1. The van der Waals surface area contributed by atoms with Gasteiger partial charge in [0, 0.05) is 81.6 Å². The molecule has 0 unspecified atom stereocenters. The van der Waals surface area contributed by atoms with Gasteiger partial charge in [-0.05, 0) is 49.7 Å². The molecule has 41 heavy (non-hydrogen) atoms.